The molecule has 1 aromatic carbocycles. The van der Waals surface area contributed by atoms with Crippen LogP contribution in [0.25, 0.3) is 0 Å². The molecule has 0 aliphatic rings. The summed E-state index contributed by atoms with van der Waals surface area (Å²) >= 11 is 2.56. The number of thioether (sulfide) groups is 1. The van der Waals surface area contributed by atoms with Gasteiger partial charge in [-0.15, -0.1) is 11.3 Å². The van der Waals surface area contributed by atoms with Crippen molar-refractivity contribution >= 4 is 35.0 Å². The predicted molar refractivity (Wildman–Crippen MR) is 96.1 cm³/mol. The van der Waals surface area contributed by atoms with Crippen LogP contribution in [0.4, 0.5) is 8.78 Å². The summed E-state index contributed by atoms with van der Waals surface area (Å²) < 4.78 is 32.2. The number of thiazole rings is 1. The molecular weight excluding hydrogens is 382 g/mol. The van der Waals surface area contributed by atoms with Gasteiger partial charge in [0.2, 0.25) is 5.91 Å². The first-order valence-corrected chi connectivity index (χ1v) is 9.72. The third kappa shape index (κ3) is 6.06. The monoisotopic (exact) mass is 400 g/mol. The molecule has 0 bridgehead atoms. The summed E-state index contributed by atoms with van der Waals surface area (Å²) in [6.07, 6.45) is 0.0952. The van der Waals surface area contributed by atoms with Crippen molar-refractivity contribution in [2.45, 2.75) is 30.6 Å². The third-order valence-corrected chi connectivity index (χ3v) is 5.36. The maximum Gasteiger partial charge on any atom is 0.311 e. The molecule has 1 heterocycles. The summed E-state index contributed by atoms with van der Waals surface area (Å²) in [5, 5.41) is 4.41. The number of nitrogens with zero attached hydrogens (tertiary/aromatic N) is 1. The molecular formula is C17H18F2N2O3S2. The van der Waals surface area contributed by atoms with Crippen molar-refractivity contribution in [1.82, 2.24) is 10.3 Å². The Morgan fingerprint density at radius 1 is 1.38 bits per heavy atom. The third-order valence-electron chi connectivity index (χ3n) is 3.29. The van der Waals surface area contributed by atoms with Crippen LogP contribution in [-0.2, 0) is 20.7 Å². The van der Waals surface area contributed by atoms with Crippen LogP contribution in [0.1, 0.15) is 31.1 Å². The minimum atomic E-state index is -0.700. The van der Waals surface area contributed by atoms with Gasteiger partial charge in [-0.3, -0.25) is 9.59 Å². The lowest BCUT2D eigenvalue weighted by molar-refractivity contribution is -0.142. The first kappa shape index (κ1) is 20.3. The van der Waals surface area contributed by atoms with Gasteiger partial charge in [0.05, 0.1) is 30.5 Å². The van der Waals surface area contributed by atoms with Gasteiger partial charge in [-0.1, -0.05) is 17.8 Å². The van der Waals surface area contributed by atoms with E-state index in [1.54, 1.807) is 19.2 Å². The number of carbonyl (C=O) groups excluding carboxylic acids is 2. The van der Waals surface area contributed by atoms with Crippen LogP contribution in [0.2, 0.25) is 0 Å². The van der Waals surface area contributed by atoms with Gasteiger partial charge in [0.15, 0.2) is 4.34 Å². The Morgan fingerprint density at radius 3 is 2.85 bits per heavy atom. The van der Waals surface area contributed by atoms with Gasteiger partial charge < -0.3 is 10.1 Å². The molecule has 1 N–H and O–H groups in total. The molecule has 0 radical (unpaired) electrons. The second-order valence-corrected chi connectivity index (χ2v) is 7.41. The molecule has 140 valence electrons. The predicted octanol–water partition coefficient (Wildman–Crippen LogP) is 3.50. The highest BCUT2D eigenvalue weighted by molar-refractivity contribution is 8.01. The fourth-order valence-corrected chi connectivity index (χ4v) is 3.79. The number of carbonyl (C=O) groups is 2. The second-order valence-electron chi connectivity index (χ2n) is 5.33. The van der Waals surface area contributed by atoms with Gasteiger partial charge in [-0.05, 0) is 19.9 Å². The average Bonchev–Trinajstić information content (AvgIpc) is 3.00. The lowest BCUT2D eigenvalue weighted by Gasteiger charge is -2.14. The SMILES string of the molecule is CCOC(=O)Cc1csc(SCC(=O)N[C@H](C)c2ccc(F)cc2F)n1. The normalized spacial score (nSPS) is 11.8. The highest BCUT2D eigenvalue weighted by atomic mass is 32.2. The number of aromatic nitrogens is 1. The van der Waals surface area contributed by atoms with Crippen LogP contribution < -0.4 is 5.32 Å². The maximum absolute atomic E-state index is 13.7. The molecule has 0 fully saturated rings. The number of halogens is 2. The van der Waals surface area contributed by atoms with Gasteiger partial charge in [0.25, 0.3) is 0 Å². The van der Waals surface area contributed by atoms with E-state index >= 15 is 0 Å². The Hall–Kier alpha value is -2.00. The van der Waals surface area contributed by atoms with Gasteiger partial charge >= 0.3 is 5.97 Å². The van der Waals surface area contributed by atoms with E-state index < -0.39 is 17.7 Å². The van der Waals surface area contributed by atoms with Crippen molar-refractivity contribution in [3.63, 3.8) is 0 Å². The van der Waals surface area contributed by atoms with Crippen LogP contribution in [0.3, 0.4) is 0 Å². The van der Waals surface area contributed by atoms with Crippen LogP contribution in [0.15, 0.2) is 27.9 Å². The minimum Gasteiger partial charge on any atom is -0.466 e. The zero-order valence-electron chi connectivity index (χ0n) is 14.3. The van der Waals surface area contributed by atoms with Crippen molar-refractivity contribution in [3.05, 3.63) is 46.5 Å². The zero-order valence-corrected chi connectivity index (χ0v) is 15.9. The Labute approximate surface area is 158 Å². The molecule has 0 unspecified atom stereocenters. The molecule has 2 aromatic rings. The highest BCUT2D eigenvalue weighted by Crippen LogP contribution is 2.23. The fraction of sp³-hybridized carbons (Fsp3) is 0.353. The number of amides is 1. The van der Waals surface area contributed by atoms with Crippen LogP contribution in [-0.4, -0.2) is 29.2 Å². The Bertz CT molecular complexity index is 783. The quantitative estimate of drug-likeness (QED) is 0.543. The average molecular weight is 400 g/mol. The van der Waals surface area contributed by atoms with Gasteiger partial charge in [0, 0.05) is 17.0 Å². The Kier molecular flexibility index (Phi) is 7.52. The van der Waals surface area contributed by atoms with Crippen LogP contribution in [0, 0.1) is 11.6 Å². The molecule has 0 spiro atoms. The number of hydrogen-bond acceptors (Lipinski definition) is 6. The topological polar surface area (TPSA) is 68.3 Å². The van der Waals surface area contributed by atoms with E-state index in [0.29, 0.717) is 16.6 Å². The Balaban J connectivity index is 1.83. The molecule has 1 atom stereocenters. The smallest absolute Gasteiger partial charge is 0.311 e. The molecule has 26 heavy (non-hydrogen) atoms. The zero-order chi connectivity index (χ0) is 19.1. The lowest BCUT2D eigenvalue weighted by Crippen LogP contribution is -2.28. The van der Waals surface area contributed by atoms with E-state index in [1.807, 2.05) is 0 Å². The van der Waals surface area contributed by atoms with Crippen molar-refractivity contribution < 1.29 is 23.1 Å². The molecule has 1 aromatic heterocycles. The van der Waals surface area contributed by atoms with E-state index in [4.69, 9.17) is 4.74 Å². The first-order chi connectivity index (χ1) is 12.4. The van der Waals surface area contributed by atoms with Gasteiger partial charge in [-0.2, -0.15) is 0 Å². The maximum atomic E-state index is 13.7. The van der Waals surface area contributed by atoms with Gasteiger partial charge in [-0.25, -0.2) is 13.8 Å². The van der Waals surface area contributed by atoms with Gasteiger partial charge in [0.1, 0.15) is 11.6 Å². The van der Waals surface area contributed by atoms with E-state index in [-0.39, 0.29) is 29.6 Å². The summed E-state index contributed by atoms with van der Waals surface area (Å²) in [5.41, 5.74) is 0.814. The summed E-state index contributed by atoms with van der Waals surface area (Å²) in [6, 6.07) is 2.66. The summed E-state index contributed by atoms with van der Waals surface area (Å²) in [6.45, 7) is 3.68. The van der Waals surface area contributed by atoms with Crippen molar-refractivity contribution in [3.8, 4) is 0 Å². The summed E-state index contributed by atoms with van der Waals surface area (Å²) in [5.74, 6) is -1.91. The van der Waals surface area contributed by atoms with Crippen LogP contribution in [0.5, 0.6) is 0 Å². The van der Waals surface area contributed by atoms with Crippen molar-refractivity contribution in [2.24, 2.45) is 0 Å². The number of ether oxygens (including phenoxy) is 1. The van der Waals surface area contributed by atoms with E-state index in [2.05, 4.69) is 10.3 Å². The number of nitrogens with one attached hydrogen (secondary N) is 1. The fourth-order valence-electron chi connectivity index (χ4n) is 2.14. The molecule has 0 aliphatic carbocycles. The van der Waals surface area contributed by atoms with Crippen LogP contribution >= 0.6 is 23.1 Å². The molecule has 0 saturated carbocycles. The first-order valence-electron chi connectivity index (χ1n) is 7.86. The summed E-state index contributed by atoms with van der Waals surface area (Å²) in [7, 11) is 0. The number of rotatable bonds is 8. The molecule has 5 nitrogen and oxygen atoms in total. The largest absolute Gasteiger partial charge is 0.466 e. The van der Waals surface area contributed by atoms with E-state index in [9.17, 15) is 18.4 Å². The summed E-state index contributed by atoms with van der Waals surface area (Å²) in [4.78, 5) is 27.7. The Morgan fingerprint density at radius 2 is 2.15 bits per heavy atom. The van der Waals surface area contributed by atoms with Crippen molar-refractivity contribution in [2.75, 3.05) is 12.4 Å². The number of esters is 1. The molecule has 0 aliphatic heterocycles. The molecule has 9 heteroatoms. The minimum absolute atomic E-state index is 0.0952. The standard InChI is InChI=1S/C17H18F2N2O3S2/c1-3-24-16(23)7-12-8-25-17(21-12)26-9-15(22)20-10(2)13-5-4-11(18)6-14(13)19/h4-6,8,10H,3,7,9H2,1-2H3,(H,20,22)/t10-/m1/s1. The molecule has 1 amide bonds. The molecule has 2 rings (SSSR count). The van der Waals surface area contributed by atoms with Crippen molar-refractivity contribution in [1.29, 1.82) is 0 Å². The van der Waals surface area contributed by atoms with E-state index in [1.165, 1.54) is 29.2 Å². The van der Waals surface area contributed by atoms with E-state index in [0.717, 1.165) is 12.1 Å². The number of hydrogen-bond donors (Lipinski definition) is 1. The lowest BCUT2D eigenvalue weighted by atomic mass is 10.1. The highest BCUT2D eigenvalue weighted by Gasteiger charge is 2.15. The second kappa shape index (κ2) is 9.63. The number of benzene rings is 1. The molecule has 0 saturated heterocycles.